The lowest BCUT2D eigenvalue weighted by atomic mass is 9.96. The molecule has 0 spiro atoms. The molecule has 1 rings (SSSR count). The van der Waals surface area contributed by atoms with Crippen LogP contribution >= 0.6 is 0 Å². The molecule has 3 unspecified atom stereocenters. The Morgan fingerprint density at radius 1 is 1.78 bits per heavy atom. The average molecular weight is 128 g/mol. The molecule has 0 aromatic rings. The van der Waals surface area contributed by atoms with Crippen molar-refractivity contribution in [3.63, 3.8) is 0 Å². The van der Waals surface area contributed by atoms with E-state index >= 15 is 0 Å². The van der Waals surface area contributed by atoms with Gasteiger partial charge in [-0.05, 0) is 12.8 Å². The standard InChI is InChI=1S/C6H13BO2/c1-2-5-4(8)3-6(7)9-5/h4-6,8H,2-3,7H2,1H3. The van der Waals surface area contributed by atoms with E-state index in [0.717, 1.165) is 12.8 Å². The summed E-state index contributed by atoms with van der Waals surface area (Å²) in [7, 11) is 2.00. The zero-order chi connectivity index (χ0) is 6.85. The van der Waals surface area contributed by atoms with E-state index in [1.165, 1.54) is 0 Å². The predicted molar refractivity (Wildman–Crippen MR) is 38.1 cm³/mol. The normalized spacial score (nSPS) is 43.6. The summed E-state index contributed by atoms with van der Waals surface area (Å²) in [6.07, 6.45) is 1.61. The Labute approximate surface area is 56.6 Å². The molecule has 0 bridgehead atoms. The van der Waals surface area contributed by atoms with Crippen LogP contribution in [-0.2, 0) is 4.74 Å². The number of aliphatic hydroxyl groups excluding tert-OH is 1. The first-order chi connectivity index (χ1) is 4.24. The molecule has 52 valence electrons. The van der Waals surface area contributed by atoms with E-state index in [-0.39, 0.29) is 18.2 Å². The highest BCUT2D eigenvalue weighted by Crippen LogP contribution is 2.19. The van der Waals surface area contributed by atoms with Crippen LogP contribution in [-0.4, -0.2) is 31.2 Å². The van der Waals surface area contributed by atoms with Crippen molar-refractivity contribution in [2.24, 2.45) is 0 Å². The summed E-state index contributed by atoms with van der Waals surface area (Å²) in [5.41, 5.74) is 0. The lowest BCUT2D eigenvalue weighted by Gasteiger charge is -2.09. The van der Waals surface area contributed by atoms with Crippen LogP contribution in [0.2, 0.25) is 0 Å². The lowest BCUT2D eigenvalue weighted by molar-refractivity contribution is 0.0305. The van der Waals surface area contributed by atoms with Gasteiger partial charge < -0.3 is 9.84 Å². The van der Waals surface area contributed by atoms with E-state index in [0.29, 0.717) is 0 Å². The van der Waals surface area contributed by atoms with E-state index < -0.39 is 0 Å². The summed E-state index contributed by atoms with van der Waals surface area (Å²) in [4.78, 5) is 0. The maximum Gasteiger partial charge on any atom is 0.139 e. The molecule has 0 aliphatic carbocycles. The monoisotopic (exact) mass is 128 g/mol. The number of hydrogen-bond acceptors (Lipinski definition) is 2. The Balaban J connectivity index is 2.38. The SMILES string of the molecule is BC1CC(O)C(CC)O1. The van der Waals surface area contributed by atoms with Gasteiger partial charge in [0.1, 0.15) is 7.85 Å². The van der Waals surface area contributed by atoms with Gasteiger partial charge in [0, 0.05) is 6.00 Å². The van der Waals surface area contributed by atoms with Crippen LogP contribution in [0.5, 0.6) is 0 Å². The Kier molecular flexibility index (Phi) is 2.14. The van der Waals surface area contributed by atoms with Crippen LogP contribution in [0.25, 0.3) is 0 Å². The molecule has 0 aromatic heterocycles. The van der Waals surface area contributed by atoms with Crippen molar-refractivity contribution in [3.05, 3.63) is 0 Å². The van der Waals surface area contributed by atoms with Gasteiger partial charge in [0.2, 0.25) is 0 Å². The summed E-state index contributed by atoms with van der Waals surface area (Å²) < 4.78 is 5.37. The van der Waals surface area contributed by atoms with Crippen molar-refractivity contribution in [1.82, 2.24) is 0 Å². The van der Waals surface area contributed by atoms with Gasteiger partial charge in [0.15, 0.2) is 0 Å². The molecule has 3 heteroatoms. The number of hydrogen-bond donors (Lipinski definition) is 1. The fraction of sp³-hybridized carbons (Fsp3) is 1.00. The topological polar surface area (TPSA) is 29.5 Å². The van der Waals surface area contributed by atoms with Crippen molar-refractivity contribution >= 4 is 7.85 Å². The molecule has 2 nitrogen and oxygen atoms in total. The molecule has 1 N–H and O–H groups in total. The van der Waals surface area contributed by atoms with Crippen molar-refractivity contribution in [2.45, 2.75) is 38.0 Å². The van der Waals surface area contributed by atoms with Gasteiger partial charge in [-0.1, -0.05) is 6.92 Å². The van der Waals surface area contributed by atoms with Gasteiger partial charge in [-0.2, -0.15) is 0 Å². The van der Waals surface area contributed by atoms with Gasteiger partial charge in [0.05, 0.1) is 12.2 Å². The average Bonchev–Trinajstić information content (AvgIpc) is 2.10. The summed E-state index contributed by atoms with van der Waals surface area (Å²) in [6.45, 7) is 2.03. The van der Waals surface area contributed by atoms with Crippen LogP contribution < -0.4 is 0 Å². The molecule has 0 radical (unpaired) electrons. The smallest absolute Gasteiger partial charge is 0.139 e. The zero-order valence-electron chi connectivity index (χ0n) is 6.00. The van der Waals surface area contributed by atoms with Crippen molar-refractivity contribution < 1.29 is 9.84 Å². The minimum atomic E-state index is -0.218. The van der Waals surface area contributed by atoms with Crippen LogP contribution in [0.3, 0.4) is 0 Å². The minimum absolute atomic E-state index is 0.0972. The van der Waals surface area contributed by atoms with E-state index in [9.17, 15) is 5.11 Å². The van der Waals surface area contributed by atoms with Gasteiger partial charge in [0.25, 0.3) is 0 Å². The molecule has 0 aromatic carbocycles. The van der Waals surface area contributed by atoms with Gasteiger partial charge in [-0.15, -0.1) is 0 Å². The lowest BCUT2D eigenvalue weighted by Crippen LogP contribution is -2.19. The second-order valence-electron chi connectivity index (χ2n) is 2.70. The van der Waals surface area contributed by atoms with E-state index in [1.807, 2.05) is 14.8 Å². The van der Waals surface area contributed by atoms with Crippen LogP contribution in [0, 0.1) is 0 Å². The minimum Gasteiger partial charge on any atom is -0.390 e. The van der Waals surface area contributed by atoms with E-state index in [1.54, 1.807) is 0 Å². The highest BCUT2D eigenvalue weighted by molar-refractivity contribution is 6.11. The van der Waals surface area contributed by atoms with Crippen LogP contribution in [0.4, 0.5) is 0 Å². The fourth-order valence-electron chi connectivity index (χ4n) is 1.30. The van der Waals surface area contributed by atoms with Crippen molar-refractivity contribution in [1.29, 1.82) is 0 Å². The van der Waals surface area contributed by atoms with Gasteiger partial charge >= 0.3 is 0 Å². The Bertz CT molecular complexity index is 97.1. The second-order valence-corrected chi connectivity index (χ2v) is 2.70. The first-order valence-corrected chi connectivity index (χ1v) is 3.57. The maximum absolute atomic E-state index is 9.23. The molecule has 1 aliphatic heterocycles. The number of aliphatic hydroxyl groups is 1. The summed E-state index contributed by atoms with van der Waals surface area (Å²) in [6, 6.07) is 0.255. The molecule has 9 heavy (non-hydrogen) atoms. The molecular formula is C6H13BO2. The van der Waals surface area contributed by atoms with E-state index in [4.69, 9.17) is 4.74 Å². The number of rotatable bonds is 1. The summed E-state index contributed by atoms with van der Waals surface area (Å²) in [5, 5.41) is 9.23. The van der Waals surface area contributed by atoms with E-state index in [2.05, 4.69) is 0 Å². The first kappa shape index (κ1) is 7.10. The third-order valence-electron chi connectivity index (χ3n) is 1.81. The first-order valence-electron chi connectivity index (χ1n) is 3.57. The highest BCUT2D eigenvalue weighted by atomic mass is 16.5. The number of ether oxygens (including phenoxy) is 1. The second kappa shape index (κ2) is 2.71. The fourth-order valence-corrected chi connectivity index (χ4v) is 1.30. The molecule has 1 aliphatic rings. The Hall–Kier alpha value is -0.0151. The third-order valence-corrected chi connectivity index (χ3v) is 1.81. The predicted octanol–water partition coefficient (Wildman–Crippen LogP) is -0.495. The van der Waals surface area contributed by atoms with Crippen molar-refractivity contribution in [3.8, 4) is 0 Å². The summed E-state index contributed by atoms with van der Waals surface area (Å²) >= 11 is 0. The molecular weight excluding hydrogens is 115 g/mol. The quantitative estimate of drug-likeness (QED) is 0.482. The Morgan fingerprint density at radius 3 is 2.67 bits per heavy atom. The molecule has 1 heterocycles. The highest BCUT2D eigenvalue weighted by Gasteiger charge is 2.29. The molecule has 3 atom stereocenters. The third kappa shape index (κ3) is 1.46. The van der Waals surface area contributed by atoms with Crippen molar-refractivity contribution in [2.75, 3.05) is 0 Å². The summed E-state index contributed by atoms with van der Waals surface area (Å²) in [5.74, 6) is 0. The zero-order valence-corrected chi connectivity index (χ0v) is 6.00. The largest absolute Gasteiger partial charge is 0.390 e. The van der Waals surface area contributed by atoms with Crippen LogP contribution in [0.1, 0.15) is 19.8 Å². The van der Waals surface area contributed by atoms with Crippen LogP contribution in [0.15, 0.2) is 0 Å². The molecule has 1 saturated heterocycles. The molecule has 0 amide bonds. The van der Waals surface area contributed by atoms with Gasteiger partial charge in [-0.25, -0.2) is 0 Å². The van der Waals surface area contributed by atoms with Gasteiger partial charge in [-0.3, -0.25) is 0 Å². The maximum atomic E-state index is 9.23. The molecule has 0 saturated carbocycles. The molecule has 1 fully saturated rings. The Morgan fingerprint density at radius 2 is 2.44 bits per heavy atom.